The number of allylic oxidation sites excluding steroid dienone is 1. The second-order valence-corrected chi connectivity index (χ2v) is 5.67. The number of aromatic nitrogens is 1. The second-order valence-electron chi connectivity index (χ2n) is 3.83. The van der Waals surface area contributed by atoms with Crippen molar-refractivity contribution in [2.24, 2.45) is 0 Å². The van der Waals surface area contributed by atoms with Crippen LogP contribution in [0.1, 0.15) is 12.5 Å². The molecule has 3 nitrogen and oxygen atoms in total. The Bertz CT molecular complexity index is 639. The summed E-state index contributed by atoms with van der Waals surface area (Å²) in [4.78, 5) is 0.281. The SMILES string of the molecule is C=C(C)c1ccn(S(=O)(=O)c2ccccc2)c1. The Labute approximate surface area is 101 Å². The van der Waals surface area contributed by atoms with Gasteiger partial charge in [-0.05, 0) is 36.3 Å². The second kappa shape index (κ2) is 4.22. The van der Waals surface area contributed by atoms with E-state index >= 15 is 0 Å². The minimum Gasteiger partial charge on any atom is -0.248 e. The molecule has 0 unspecified atom stereocenters. The summed E-state index contributed by atoms with van der Waals surface area (Å²) >= 11 is 0. The molecule has 0 fully saturated rings. The van der Waals surface area contributed by atoms with Crippen molar-refractivity contribution >= 4 is 15.6 Å². The Hall–Kier alpha value is -1.81. The molecule has 0 bridgehead atoms. The highest BCUT2D eigenvalue weighted by Crippen LogP contribution is 2.17. The van der Waals surface area contributed by atoms with Crippen LogP contribution in [-0.4, -0.2) is 12.4 Å². The summed E-state index contributed by atoms with van der Waals surface area (Å²) in [6.07, 6.45) is 3.11. The molecule has 0 aliphatic rings. The molecule has 0 saturated carbocycles. The fraction of sp³-hybridized carbons (Fsp3) is 0.0769. The molecule has 0 amide bonds. The predicted molar refractivity (Wildman–Crippen MR) is 68.2 cm³/mol. The number of benzene rings is 1. The van der Waals surface area contributed by atoms with Gasteiger partial charge >= 0.3 is 0 Å². The Kier molecular flexibility index (Phi) is 2.90. The lowest BCUT2D eigenvalue weighted by Gasteiger charge is -2.04. The first-order valence-electron chi connectivity index (χ1n) is 5.16. The van der Waals surface area contributed by atoms with E-state index in [0.29, 0.717) is 0 Å². The highest BCUT2D eigenvalue weighted by atomic mass is 32.2. The fourth-order valence-corrected chi connectivity index (χ4v) is 2.71. The van der Waals surface area contributed by atoms with Crippen LogP contribution in [0.2, 0.25) is 0 Å². The van der Waals surface area contributed by atoms with E-state index in [2.05, 4.69) is 6.58 Å². The van der Waals surface area contributed by atoms with Gasteiger partial charge in [0.1, 0.15) is 0 Å². The van der Waals surface area contributed by atoms with Crippen molar-refractivity contribution in [2.75, 3.05) is 0 Å². The van der Waals surface area contributed by atoms with Crippen molar-refractivity contribution in [3.05, 3.63) is 60.9 Å². The van der Waals surface area contributed by atoms with E-state index in [1.807, 2.05) is 6.92 Å². The summed E-state index contributed by atoms with van der Waals surface area (Å²) in [5.74, 6) is 0. The van der Waals surface area contributed by atoms with E-state index < -0.39 is 10.0 Å². The molecule has 0 atom stereocenters. The number of nitrogens with zero attached hydrogens (tertiary/aromatic N) is 1. The monoisotopic (exact) mass is 247 g/mol. The van der Waals surface area contributed by atoms with Gasteiger partial charge in [0.05, 0.1) is 4.90 Å². The van der Waals surface area contributed by atoms with Crippen LogP contribution < -0.4 is 0 Å². The summed E-state index contributed by atoms with van der Waals surface area (Å²) in [5.41, 5.74) is 1.66. The zero-order valence-electron chi connectivity index (χ0n) is 9.50. The van der Waals surface area contributed by atoms with Gasteiger partial charge in [0.25, 0.3) is 10.0 Å². The molecule has 0 aliphatic carbocycles. The minimum atomic E-state index is -3.48. The van der Waals surface area contributed by atoms with Gasteiger partial charge < -0.3 is 0 Å². The van der Waals surface area contributed by atoms with Gasteiger partial charge in [-0.15, -0.1) is 0 Å². The van der Waals surface area contributed by atoms with E-state index in [9.17, 15) is 8.42 Å². The average molecular weight is 247 g/mol. The molecule has 1 aromatic carbocycles. The molecule has 0 spiro atoms. The Morgan fingerprint density at radius 1 is 1.18 bits per heavy atom. The molecule has 0 N–H and O–H groups in total. The first-order chi connectivity index (χ1) is 8.01. The lowest BCUT2D eigenvalue weighted by atomic mass is 10.2. The summed E-state index contributed by atoms with van der Waals surface area (Å²) in [6, 6.07) is 10.1. The van der Waals surface area contributed by atoms with Gasteiger partial charge in [-0.1, -0.05) is 24.8 Å². The molecule has 0 radical (unpaired) electrons. The molecular formula is C13H13NO2S. The Morgan fingerprint density at radius 3 is 2.35 bits per heavy atom. The molecule has 1 aromatic heterocycles. The van der Waals surface area contributed by atoms with E-state index in [1.165, 1.54) is 10.2 Å². The molecule has 88 valence electrons. The first-order valence-corrected chi connectivity index (χ1v) is 6.60. The lowest BCUT2D eigenvalue weighted by Crippen LogP contribution is -2.10. The van der Waals surface area contributed by atoms with Crippen molar-refractivity contribution in [1.29, 1.82) is 0 Å². The van der Waals surface area contributed by atoms with E-state index in [4.69, 9.17) is 0 Å². The van der Waals surface area contributed by atoms with Gasteiger partial charge in [-0.3, -0.25) is 0 Å². The van der Waals surface area contributed by atoms with Crippen molar-refractivity contribution in [3.8, 4) is 0 Å². The number of hydrogen-bond acceptors (Lipinski definition) is 2. The number of hydrogen-bond donors (Lipinski definition) is 0. The smallest absolute Gasteiger partial charge is 0.248 e. The van der Waals surface area contributed by atoms with Gasteiger partial charge in [-0.2, -0.15) is 0 Å². The van der Waals surface area contributed by atoms with Crippen LogP contribution >= 0.6 is 0 Å². The van der Waals surface area contributed by atoms with Crippen LogP contribution in [0, 0.1) is 0 Å². The van der Waals surface area contributed by atoms with Gasteiger partial charge in [-0.25, -0.2) is 12.4 Å². The van der Waals surface area contributed by atoms with Crippen molar-refractivity contribution in [1.82, 2.24) is 3.97 Å². The van der Waals surface area contributed by atoms with Crippen molar-refractivity contribution in [2.45, 2.75) is 11.8 Å². The molecule has 17 heavy (non-hydrogen) atoms. The third kappa shape index (κ3) is 2.17. The van der Waals surface area contributed by atoms with Crippen LogP contribution in [-0.2, 0) is 10.0 Å². The third-order valence-corrected chi connectivity index (χ3v) is 4.13. The number of rotatable bonds is 3. The normalized spacial score (nSPS) is 11.4. The maximum atomic E-state index is 12.2. The standard InChI is InChI=1S/C13H13NO2S/c1-11(2)12-8-9-14(10-12)17(15,16)13-6-4-3-5-7-13/h3-10H,1H2,2H3. The maximum absolute atomic E-state index is 12.2. The zero-order valence-corrected chi connectivity index (χ0v) is 10.3. The summed E-state index contributed by atoms with van der Waals surface area (Å²) in [6.45, 7) is 5.63. The molecule has 2 rings (SSSR count). The molecular weight excluding hydrogens is 234 g/mol. The molecule has 0 aliphatic heterocycles. The van der Waals surface area contributed by atoms with E-state index in [0.717, 1.165) is 11.1 Å². The highest BCUT2D eigenvalue weighted by Gasteiger charge is 2.15. The largest absolute Gasteiger partial charge is 0.267 e. The van der Waals surface area contributed by atoms with E-state index in [1.54, 1.807) is 42.6 Å². The lowest BCUT2D eigenvalue weighted by molar-refractivity contribution is 0.587. The van der Waals surface area contributed by atoms with Gasteiger partial charge in [0.2, 0.25) is 0 Å². The summed E-state index contributed by atoms with van der Waals surface area (Å²) in [5, 5.41) is 0. The fourth-order valence-electron chi connectivity index (χ4n) is 1.49. The zero-order chi connectivity index (χ0) is 12.5. The van der Waals surface area contributed by atoms with Crippen LogP contribution in [0.15, 0.2) is 60.3 Å². The Balaban J connectivity index is 2.49. The first kappa shape index (κ1) is 11.7. The average Bonchev–Trinajstić information content (AvgIpc) is 2.80. The van der Waals surface area contributed by atoms with Crippen molar-refractivity contribution in [3.63, 3.8) is 0 Å². The topological polar surface area (TPSA) is 39.1 Å². The molecule has 1 heterocycles. The Morgan fingerprint density at radius 2 is 1.82 bits per heavy atom. The minimum absolute atomic E-state index is 0.281. The summed E-state index contributed by atoms with van der Waals surface area (Å²) < 4.78 is 25.6. The van der Waals surface area contributed by atoms with Crippen LogP contribution in [0.25, 0.3) is 5.57 Å². The third-order valence-electron chi connectivity index (χ3n) is 2.48. The molecule has 4 heteroatoms. The van der Waals surface area contributed by atoms with E-state index in [-0.39, 0.29) is 4.90 Å². The molecule has 2 aromatic rings. The van der Waals surface area contributed by atoms with Crippen LogP contribution in [0.4, 0.5) is 0 Å². The highest BCUT2D eigenvalue weighted by molar-refractivity contribution is 7.90. The van der Waals surface area contributed by atoms with Gasteiger partial charge in [0, 0.05) is 12.4 Å². The maximum Gasteiger partial charge on any atom is 0.267 e. The molecule has 0 saturated heterocycles. The quantitative estimate of drug-likeness (QED) is 0.836. The van der Waals surface area contributed by atoms with Gasteiger partial charge in [0.15, 0.2) is 0 Å². The van der Waals surface area contributed by atoms with Crippen LogP contribution in [0.3, 0.4) is 0 Å². The summed E-state index contributed by atoms with van der Waals surface area (Å²) in [7, 11) is -3.48. The van der Waals surface area contributed by atoms with Crippen molar-refractivity contribution < 1.29 is 8.42 Å². The predicted octanol–water partition coefficient (Wildman–Crippen LogP) is 2.76. The van der Waals surface area contributed by atoms with Crippen LogP contribution in [0.5, 0.6) is 0 Å².